The van der Waals surface area contributed by atoms with Crippen LogP contribution in [0.25, 0.3) is 0 Å². The van der Waals surface area contributed by atoms with E-state index < -0.39 is 4.92 Å². The Hall–Kier alpha value is -3.58. The molecule has 1 amide bonds. The van der Waals surface area contributed by atoms with Crippen molar-refractivity contribution in [1.82, 2.24) is 0 Å². The average Bonchev–Trinajstić information content (AvgIpc) is 2.70. The summed E-state index contributed by atoms with van der Waals surface area (Å²) in [6.07, 6.45) is 0. The number of halogens is 1. The molecule has 7 nitrogen and oxygen atoms in total. The predicted octanol–water partition coefficient (Wildman–Crippen LogP) is 5.06. The van der Waals surface area contributed by atoms with Crippen molar-refractivity contribution in [2.24, 2.45) is 0 Å². The standard InChI is InChI=1S/C20H15ClN2O5/c21-14-1-7-18(8-2-14)28-19-9-3-15(4-10-19)22-20(24)13-27-17-11-5-16(6-12-17)23(25)26/h1-12H,13H2,(H,22,24). The van der Waals surface area contributed by atoms with Gasteiger partial charge >= 0.3 is 0 Å². The maximum atomic E-state index is 12.0. The summed E-state index contributed by atoms with van der Waals surface area (Å²) in [5.74, 6) is 1.28. The lowest BCUT2D eigenvalue weighted by atomic mass is 10.3. The van der Waals surface area contributed by atoms with E-state index in [0.29, 0.717) is 28.0 Å². The minimum absolute atomic E-state index is 0.0438. The number of hydrogen-bond acceptors (Lipinski definition) is 5. The molecule has 0 radical (unpaired) electrons. The molecule has 1 N–H and O–H groups in total. The summed E-state index contributed by atoms with van der Waals surface area (Å²) in [7, 11) is 0. The van der Waals surface area contributed by atoms with E-state index in [4.69, 9.17) is 21.1 Å². The third-order valence-electron chi connectivity index (χ3n) is 3.60. The van der Waals surface area contributed by atoms with Crippen molar-refractivity contribution in [1.29, 1.82) is 0 Å². The smallest absolute Gasteiger partial charge is 0.269 e. The van der Waals surface area contributed by atoms with E-state index >= 15 is 0 Å². The molecule has 0 saturated heterocycles. The minimum atomic E-state index is -0.503. The van der Waals surface area contributed by atoms with Crippen LogP contribution in [-0.4, -0.2) is 17.4 Å². The number of nitrogens with zero attached hydrogens (tertiary/aromatic N) is 1. The number of non-ortho nitro benzene ring substituents is 1. The quantitative estimate of drug-likeness (QED) is 0.443. The van der Waals surface area contributed by atoms with Gasteiger partial charge in [-0.3, -0.25) is 14.9 Å². The van der Waals surface area contributed by atoms with Crippen molar-refractivity contribution in [3.05, 3.63) is 87.9 Å². The molecule has 0 aliphatic heterocycles. The zero-order valence-corrected chi connectivity index (χ0v) is 15.3. The normalized spacial score (nSPS) is 10.2. The van der Waals surface area contributed by atoms with Gasteiger partial charge in [0.15, 0.2) is 6.61 Å². The molecule has 0 aromatic heterocycles. The number of carbonyl (C=O) groups excluding carboxylic acids is 1. The molecule has 0 heterocycles. The number of rotatable bonds is 7. The molecular weight excluding hydrogens is 384 g/mol. The SMILES string of the molecule is O=C(COc1ccc([N+](=O)[O-])cc1)Nc1ccc(Oc2ccc(Cl)cc2)cc1. The van der Waals surface area contributed by atoms with Gasteiger partial charge in [0.1, 0.15) is 17.2 Å². The van der Waals surface area contributed by atoms with Crippen LogP contribution in [0.3, 0.4) is 0 Å². The highest BCUT2D eigenvalue weighted by Crippen LogP contribution is 2.24. The Morgan fingerprint density at radius 3 is 2.00 bits per heavy atom. The fourth-order valence-electron chi connectivity index (χ4n) is 2.26. The molecule has 8 heteroatoms. The highest BCUT2D eigenvalue weighted by Gasteiger charge is 2.07. The van der Waals surface area contributed by atoms with Crippen molar-refractivity contribution in [2.75, 3.05) is 11.9 Å². The zero-order valence-electron chi connectivity index (χ0n) is 14.5. The second kappa shape index (κ2) is 8.88. The summed E-state index contributed by atoms with van der Waals surface area (Å²) < 4.78 is 11.0. The zero-order chi connectivity index (χ0) is 19.9. The van der Waals surface area contributed by atoms with E-state index in [1.165, 1.54) is 24.3 Å². The molecule has 3 aromatic carbocycles. The number of nitrogens with one attached hydrogen (secondary N) is 1. The van der Waals surface area contributed by atoms with Gasteiger partial charge in [0.25, 0.3) is 11.6 Å². The number of anilines is 1. The summed E-state index contributed by atoms with van der Waals surface area (Å²) >= 11 is 5.84. The second-order valence-electron chi connectivity index (χ2n) is 5.67. The first-order valence-electron chi connectivity index (χ1n) is 8.20. The van der Waals surface area contributed by atoms with Crippen LogP contribution in [0.5, 0.6) is 17.2 Å². The molecule has 0 aliphatic rings. The van der Waals surface area contributed by atoms with E-state index in [2.05, 4.69) is 5.32 Å². The third kappa shape index (κ3) is 5.46. The fourth-order valence-corrected chi connectivity index (χ4v) is 2.38. The van der Waals surface area contributed by atoms with Gasteiger partial charge in [-0.15, -0.1) is 0 Å². The monoisotopic (exact) mass is 398 g/mol. The Labute approximate surface area is 165 Å². The lowest BCUT2D eigenvalue weighted by Crippen LogP contribution is -2.20. The van der Waals surface area contributed by atoms with Gasteiger partial charge in [-0.05, 0) is 60.7 Å². The van der Waals surface area contributed by atoms with Gasteiger partial charge in [0, 0.05) is 22.8 Å². The third-order valence-corrected chi connectivity index (χ3v) is 3.86. The summed E-state index contributed by atoms with van der Waals surface area (Å²) in [4.78, 5) is 22.1. The summed E-state index contributed by atoms with van der Waals surface area (Å²) in [6.45, 7) is -0.221. The van der Waals surface area contributed by atoms with Gasteiger partial charge in [-0.25, -0.2) is 0 Å². The van der Waals surface area contributed by atoms with Crippen LogP contribution < -0.4 is 14.8 Å². The number of carbonyl (C=O) groups is 1. The molecule has 0 atom stereocenters. The Morgan fingerprint density at radius 1 is 0.893 bits per heavy atom. The van der Waals surface area contributed by atoms with Crippen LogP contribution >= 0.6 is 11.6 Å². The average molecular weight is 399 g/mol. The van der Waals surface area contributed by atoms with E-state index in [0.717, 1.165) is 0 Å². The van der Waals surface area contributed by atoms with Crippen LogP contribution in [0.15, 0.2) is 72.8 Å². The van der Waals surface area contributed by atoms with Crippen LogP contribution in [-0.2, 0) is 4.79 Å². The van der Waals surface area contributed by atoms with E-state index in [1.54, 1.807) is 48.5 Å². The first-order valence-corrected chi connectivity index (χ1v) is 8.58. The Morgan fingerprint density at radius 2 is 1.43 bits per heavy atom. The molecule has 0 saturated carbocycles. The molecule has 0 bridgehead atoms. The summed E-state index contributed by atoms with van der Waals surface area (Å²) in [6, 6.07) is 19.3. The number of ether oxygens (including phenoxy) is 2. The molecule has 0 fully saturated rings. The molecular formula is C20H15ClN2O5. The summed E-state index contributed by atoms with van der Waals surface area (Å²) in [5.41, 5.74) is 0.540. The number of hydrogen-bond donors (Lipinski definition) is 1. The number of nitro benzene ring substituents is 1. The van der Waals surface area contributed by atoms with Crippen molar-refractivity contribution in [3.63, 3.8) is 0 Å². The lowest BCUT2D eigenvalue weighted by molar-refractivity contribution is -0.384. The first-order chi connectivity index (χ1) is 13.5. The number of benzene rings is 3. The van der Waals surface area contributed by atoms with Crippen molar-refractivity contribution in [2.45, 2.75) is 0 Å². The maximum absolute atomic E-state index is 12.0. The molecule has 28 heavy (non-hydrogen) atoms. The van der Waals surface area contributed by atoms with E-state index in [-0.39, 0.29) is 18.2 Å². The van der Waals surface area contributed by atoms with Crippen molar-refractivity contribution in [3.8, 4) is 17.2 Å². The van der Waals surface area contributed by atoms with Crippen LogP contribution in [0.4, 0.5) is 11.4 Å². The van der Waals surface area contributed by atoms with Crippen molar-refractivity contribution >= 4 is 28.9 Å². The largest absolute Gasteiger partial charge is 0.484 e. The van der Waals surface area contributed by atoms with Gasteiger partial charge in [0.05, 0.1) is 4.92 Å². The molecule has 0 aliphatic carbocycles. The molecule has 3 aromatic rings. The van der Waals surface area contributed by atoms with Crippen LogP contribution in [0.2, 0.25) is 5.02 Å². The lowest BCUT2D eigenvalue weighted by Gasteiger charge is -2.09. The van der Waals surface area contributed by atoms with Crippen LogP contribution in [0, 0.1) is 10.1 Å². The Bertz CT molecular complexity index is 957. The van der Waals surface area contributed by atoms with Gasteiger partial charge in [0.2, 0.25) is 0 Å². The summed E-state index contributed by atoms with van der Waals surface area (Å²) in [5, 5.41) is 13.9. The molecule has 3 rings (SSSR count). The highest BCUT2D eigenvalue weighted by atomic mass is 35.5. The Kier molecular flexibility index (Phi) is 6.08. The second-order valence-corrected chi connectivity index (χ2v) is 6.10. The number of nitro groups is 1. The molecule has 0 spiro atoms. The fraction of sp³-hybridized carbons (Fsp3) is 0.0500. The number of amides is 1. The van der Waals surface area contributed by atoms with Gasteiger partial charge in [-0.2, -0.15) is 0 Å². The van der Waals surface area contributed by atoms with E-state index in [9.17, 15) is 14.9 Å². The minimum Gasteiger partial charge on any atom is -0.484 e. The molecule has 0 unspecified atom stereocenters. The van der Waals surface area contributed by atoms with Gasteiger partial charge < -0.3 is 14.8 Å². The maximum Gasteiger partial charge on any atom is 0.269 e. The van der Waals surface area contributed by atoms with E-state index in [1.807, 2.05) is 0 Å². The topological polar surface area (TPSA) is 90.7 Å². The van der Waals surface area contributed by atoms with Gasteiger partial charge in [-0.1, -0.05) is 11.6 Å². The first kappa shape index (κ1) is 19.2. The highest BCUT2D eigenvalue weighted by molar-refractivity contribution is 6.30. The predicted molar refractivity (Wildman–Crippen MR) is 105 cm³/mol. The van der Waals surface area contributed by atoms with Crippen LogP contribution in [0.1, 0.15) is 0 Å². The molecule has 142 valence electrons. The Balaban J connectivity index is 1.49. The van der Waals surface area contributed by atoms with Crippen molar-refractivity contribution < 1.29 is 19.2 Å².